The van der Waals surface area contributed by atoms with Gasteiger partial charge in [0, 0.05) is 11.3 Å². The van der Waals surface area contributed by atoms with Crippen LogP contribution in [-0.4, -0.2) is 11.5 Å². The van der Waals surface area contributed by atoms with E-state index in [0.717, 1.165) is 13.0 Å². The Morgan fingerprint density at radius 3 is 2.57 bits per heavy atom. The molecule has 0 atom stereocenters. The van der Waals surface area contributed by atoms with E-state index in [1.165, 1.54) is 41.3 Å². The summed E-state index contributed by atoms with van der Waals surface area (Å²) in [5.74, 6) is 0. The fourth-order valence-corrected chi connectivity index (χ4v) is 2.81. The predicted molar refractivity (Wildman–Crippen MR) is 66.0 cm³/mol. The molecule has 0 saturated heterocycles. The lowest BCUT2D eigenvalue weighted by Gasteiger charge is -2.06. The molecule has 0 bridgehead atoms. The third-order valence-electron chi connectivity index (χ3n) is 2.25. The van der Waals surface area contributed by atoms with Gasteiger partial charge in [-0.25, -0.2) is 4.98 Å². The molecule has 1 aliphatic rings. The van der Waals surface area contributed by atoms with E-state index in [1.54, 1.807) is 0 Å². The summed E-state index contributed by atoms with van der Waals surface area (Å²) in [4.78, 5) is 6.10. The van der Waals surface area contributed by atoms with Crippen LogP contribution in [0.25, 0.3) is 0 Å². The van der Waals surface area contributed by atoms with Crippen molar-refractivity contribution in [3.05, 3.63) is 15.6 Å². The number of rotatable bonds is 2. The van der Waals surface area contributed by atoms with Crippen LogP contribution >= 0.6 is 36.2 Å². The van der Waals surface area contributed by atoms with Crippen LogP contribution in [-0.2, 0) is 19.3 Å². The second-order valence-electron chi connectivity index (χ2n) is 3.22. The van der Waals surface area contributed by atoms with Crippen LogP contribution in [0.4, 0.5) is 0 Å². The van der Waals surface area contributed by atoms with E-state index >= 15 is 0 Å². The summed E-state index contributed by atoms with van der Waals surface area (Å²) < 4.78 is 0. The zero-order valence-corrected chi connectivity index (χ0v) is 10.4. The van der Waals surface area contributed by atoms with E-state index in [0.29, 0.717) is 0 Å². The highest BCUT2D eigenvalue weighted by atomic mass is 35.5. The molecule has 1 heterocycles. The van der Waals surface area contributed by atoms with Gasteiger partial charge in [-0.05, 0) is 32.2 Å². The number of halogens is 2. The summed E-state index contributed by atoms with van der Waals surface area (Å²) in [5.41, 5.74) is 6.84. The standard InChI is InChI=1S/C9H14N2S.2ClH/c10-6-5-9-11-7-3-1-2-4-8(7)12-9;;/h1-6,10H2;2*1H. The van der Waals surface area contributed by atoms with Gasteiger partial charge in [-0.2, -0.15) is 0 Å². The number of aromatic nitrogens is 1. The first-order valence-electron chi connectivity index (χ1n) is 4.57. The van der Waals surface area contributed by atoms with Crippen LogP contribution < -0.4 is 5.73 Å². The van der Waals surface area contributed by atoms with Gasteiger partial charge in [-0.15, -0.1) is 36.2 Å². The van der Waals surface area contributed by atoms with Crippen molar-refractivity contribution in [2.24, 2.45) is 5.73 Å². The van der Waals surface area contributed by atoms with Gasteiger partial charge in [-0.3, -0.25) is 0 Å². The molecule has 0 fully saturated rings. The highest BCUT2D eigenvalue weighted by Crippen LogP contribution is 2.26. The zero-order chi connectivity index (χ0) is 8.39. The molecule has 0 saturated carbocycles. The lowest BCUT2D eigenvalue weighted by Crippen LogP contribution is -2.02. The van der Waals surface area contributed by atoms with Crippen molar-refractivity contribution in [3.63, 3.8) is 0 Å². The molecule has 0 spiro atoms. The number of thiazole rings is 1. The number of nitrogens with two attached hydrogens (primary N) is 1. The highest BCUT2D eigenvalue weighted by Gasteiger charge is 2.14. The van der Waals surface area contributed by atoms with Gasteiger partial charge in [-0.1, -0.05) is 0 Å². The number of nitrogens with zero attached hydrogens (tertiary/aromatic N) is 1. The van der Waals surface area contributed by atoms with Gasteiger partial charge in [0.05, 0.1) is 10.7 Å². The first kappa shape index (κ1) is 14.2. The number of fused-ring (bicyclic) bond motifs is 1. The lowest BCUT2D eigenvalue weighted by atomic mass is 10.0. The minimum absolute atomic E-state index is 0. The van der Waals surface area contributed by atoms with Gasteiger partial charge >= 0.3 is 0 Å². The van der Waals surface area contributed by atoms with E-state index in [9.17, 15) is 0 Å². The second kappa shape index (κ2) is 6.62. The molecular weight excluding hydrogens is 239 g/mol. The average Bonchev–Trinajstić information content (AvgIpc) is 2.47. The Bertz CT molecular complexity index is 252. The van der Waals surface area contributed by atoms with Crippen molar-refractivity contribution in [2.45, 2.75) is 32.1 Å². The zero-order valence-electron chi connectivity index (χ0n) is 7.99. The minimum atomic E-state index is 0. The lowest BCUT2D eigenvalue weighted by molar-refractivity contribution is 0.680. The first-order valence-corrected chi connectivity index (χ1v) is 5.39. The smallest absolute Gasteiger partial charge is 0.0943 e. The number of hydrogen-bond donors (Lipinski definition) is 1. The van der Waals surface area contributed by atoms with E-state index in [4.69, 9.17) is 5.73 Å². The van der Waals surface area contributed by atoms with Gasteiger partial charge in [0.25, 0.3) is 0 Å². The summed E-state index contributed by atoms with van der Waals surface area (Å²) in [5, 5.41) is 1.24. The van der Waals surface area contributed by atoms with Crippen LogP contribution in [0, 0.1) is 0 Å². The maximum Gasteiger partial charge on any atom is 0.0943 e. The largest absolute Gasteiger partial charge is 0.330 e. The van der Waals surface area contributed by atoms with E-state index in [2.05, 4.69) is 4.98 Å². The molecule has 0 unspecified atom stereocenters. The summed E-state index contributed by atoms with van der Waals surface area (Å²) >= 11 is 1.87. The van der Waals surface area contributed by atoms with Gasteiger partial charge in [0.1, 0.15) is 0 Å². The molecular formula is C9H16Cl2N2S. The molecule has 1 aromatic heterocycles. The highest BCUT2D eigenvalue weighted by molar-refractivity contribution is 7.11. The molecule has 2 rings (SSSR count). The summed E-state index contributed by atoms with van der Waals surface area (Å²) in [6.07, 6.45) is 6.06. The van der Waals surface area contributed by atoms with Crippen LogP contribution in [0.3, 0.4) is 0 Å². The monoisotopic (exact) mass is 254 g/mol. The van der Waals surface area contributed by atoms with Gasteiger partial charge in [0.15, 0.2) is 0 Å². The quantitative estimate of drug-likeness (QED) is 0.881. The number of hydrogen-bond acceptors (Lipinski definition) is 3. The Morgan fingerprint density at radius 2 is 1.93 bits per heavy atom. The van der Waals surface area contributed by atoms with Crippen molar-refractivity contribution < 1.29 is 0 Å². The molecule has 82 valence electrons. The van der Waals surface area contributed by atoms with Crippen LogP contribution in [0.2, 0.25) is 0 Å². The van der Waals surface area contributed by atoms with E-state index in [-0.39, 0.29) is 24.8 Å². The maximum absolute atomic E-state index is 5.49. The van der Waals surface area contributed by atoms with E-state index in [1.807, 2.05) is 11.3 Å². The first-order chi connectivity index (χ1) is 5.90. The van der Waals surface area contributed by atoms with Gasteiger partial charge < -0.3 is 5.73 Å². The summed E-state index contributed by atoms with van der Waals surface area (Å²) in [6.45, 7) is 0.729. The molecule has 1 aliphatic carbocycles. The summed E-state index contributed by atoms with van der Waals surface area (Å²) in [6, 6.07) is 0. The Hall–Kier alpha value is 0.170. The molecule has 14 heavy (non-hydrogen) atoms. The SMILES string of the molecule is Cl.Cl.NCCc1nc2c(s1)CCCC2. The third-order valence-corrected chi connectivity index (χ3v) is 3.47. The molecule has 0 aliphatic heterocycles. The van der Waals surface area contributed by atoms with Crippen LogP contribution in [0.1, 0.15) is 28.4 Å². The molecule has 0 amide bonds. The molecule has 0 radical (unpaired) electrons. The van der Waals surface area contributed by atoms with Crippen LogP contribution in [0.5, 0.6) is 0 Å². The van der Waals surface area contributed by atoms with Crippen molar-refractivity contribution in [2.75, 3.05) is 6.54 Å². The van der Waals surface area contributed by atoms with Crippen molar-refractivity contribution >= 4 is 36.2 Å². The second-order valence-corrected chi connectivity index (χ2v) is 4.39. The van der Waals surface area contributed by atoms with Crippen molar-refractivity contribution in [1.29, 1.82) is 0 Å². The van der Waals surface area contributed by atoms with E-state index < -0.39 is 0 Å². The van der Waals surface area contributed by atoms with Crippen molar-refractivity contribution in [1.82, 2.24) is 4.98 Å². The molecule has 1 aromatic rings. The third kappa shape index (κ3) is 3.09. The normalized spacial score (nSPS) is 13.8. The molecule has 2 nitrogen and oxygen atoms in total. The maximum atomic E-state index is 5.49. The Balaban J connectivity index is 0.000000845. The Kier molecular flexibility index (Phi) is 6.70. The predicted octanol–water partition coefficient (Wildman–Crippen LogP) is 2.37. The fraction of sp³-hybridized carbons (Fsp3) is 0.667. The Labute approximate surface area is 101 Å². The van der Waals surface area contributed by atoms with Crippen LogP contribution in [0.15, 0.2) is 0 Å². The minimum Gasteiger partial charge on any atom is -0.330 e. The molecule has 5 heteroatoms. The summed E-state index contributed by atoms with van der Waals surface area (Å²) in [7, 11) is 0. The molecule has 2 N–H and O–H groups in total. The molecule has 0 aromatic carbocycles. The fourth-order valence-electron chi connectivity index (χ4n) is 1.64. The topological polar surface area (TPSA) is 38.9 Å². The number of aryl methyl sites for hydroxylation is 2. The van der Waals surface area contributed by atoms with Gasteiger partial charge in [0.2, 0.25) is 0 Å². The average molecular weight is 255 g/mol. The Morgan fingerprint density at radius 1 is 1.21 bits per heavy atom. The van der Waals surface area contributed by atoms with Crippen molar-refractivity contribution in [3.8, 4) is 0 Å².